The summed E-state index contributed by atoms with van der Waals surface area (Å²) in [4.78, 5) is 2.36. The largest absolute Gasteiger partial charge is 0.319 e. The summed E-state index contributed by atoms with van der Waals surface area (Å²) in [5, 5.41) is 3.40. The molecule has 1 aromatic carbocycles. The van der Waals surface area contributed by atoms with Gasteiger partial charge in [-0.25, -0.2) is 4.39 Å². The molecule has 0 aliphatic heterocycles. The molecule has 0 atom stereocenters. The molecule has 0 spiro atoms. The Morgan fingerprint density at radius 2 is 1.90 bits per heavy atom. The highest BCUT2D eigenvalue weighted by Gasteiger charge is 2.31. The summed E-state index contributed by atoms with van der Waals surface area (Å²) in [6.07, 6.45) is 8.05. The maximum absolute atomic E-state index is 13.3. The average molecular weight is 292 g/mol. The molecule has 0 unspecified atom stereocenters. The van der Waals surface area contributed by atoms with Crippen LogP contribution in [0, 0.1) is 11.2 Å². The van der Waals surface area contributed by atoms with Gasteiger partial charge in [0, 0.05) is 19.6 Å². The minimum Gasteiger partial charge on any atom is -0.319 e. The van der Waals surface area contributed by atoms with E-state index in [4.69, 9.17) is 0 Å². The molecule has 21 heavy (non-hydrogen) atoms. The van der Waals surface area contributed by atoms with Crippen molar-refractivity contribution in [3.05, 3.63) is 35.6 Å². The zero-order chi connectivity index (χ0) is 15.1. The van der Waals surface area contributed by atoms with E-state index in [1.54, 1.807) is 12.1 Å². The second-order valence-corrected chi connectivity index (χ2v) is 6.75. The quantitative estimate of drug-likeness (QED) is 0.802. The van der Waals surface area contributed by atoms with Gasteiger partial charge in [0.05, 0.1) is 0 Å². The molecule has 0 radical (unpaired) electrons. The van der Waals surface area contributed by atoms with Gasteiger partial charge < -0.3 is 10.2 Å². The minimum atomic E-state index is -0.139. The highest BCUT2D eigenvalue weighted by Crippen LogP contribution is 2.35. The fraction of sp³-hybridized carbons (Fsp3) is 0.667. The molecule has 1 aliphatic rings. The predicted molar refractivity (Wildman–Crippen MR) is 86.8 cm³/mol. The first-order chi connectivity index (χ1) is 10.1. The van der Waals surface area contributed by atoms with Crippen molar-refractivity contribution in [3.8, 4) is 0 Å². The van der Waals surface area contributed by atoms with Crippen LogP contribution in [0.15, 0.2) is 24.3 Å². The minimum absolute atomic E-state index is 0.139. The molecule has 2 rings (SSSR count). The van der Waals surface area contributed by atoms with E-state index in [1.165, 1.54) is 44.6 Å². The van der Waals surface area contributed by atoms with Gasteiger partial charge in [-0.15, -0.1) is 0 Å². The number of nitrogens with one attached hydrogen (secondary N) is 1. The molecule has 1 N–H and O–H groups in total. The number of hydrogen-bond donors (Lipinski definition) is 1. The van der Waals surface area contributed by atoms with Crippen LogP contribution in [0.5, 0.6) is 0 Å². The van der Waals surface area contributed by atoms with E-state index in [0.29, 0.717) is 5.41 Å². The van der Waals surface area contributed by atoms with Crippen molar-refractivity contribution in [2.75, 3.05) is 27.2 Å². The molecular formula is C18H29FN2. The SMILES string of the molecule is CNCC1(CN(C)Cc2cccc(F)c2)CCCCCC1. The molecule has 1 saturated carbocycles. The number of rotatable bonds is 6. The van der Waals surface area contributed by atoms with Gasteiger partial charge in [-0.05, 0) is 50.0 Å². The van der Waals surface area contributed by atoms with E-state index < -0.39 is 0 Å². The fourth-order valence-electron chi connectivity index (χ4n) is 3.82. The lowest BCUT2D eigenvalue weighted by molar-refractivity contribution is 0.144. The van der Waals surface area contributed by atoms with Crippen LogP contribution in [-0.4, -0.2) is 32.1 Å². The van der Waals surface area contributed by atoms with Crippen LogP contribution in [0.4, 0.5) is 4.39 Å². The Morgan fingerprint density at radius 3 is 2.52 bits per heavy atom. The summed E-state index contributed by atoms with van der Waals surface area (Å²) in [7, 11) is 4.21. The summed E-state index contributed by atoms with van der Waals surface area (Å²) in [6.45, 7) is 2.99. The first-order valence-electron chi connectivity index (χ1n) is 8.21. The van der Waals surface area contributed by atoms with Crippen molar-refractivity contribution >= 4 is 0 Å². The van der Waals surface area contributed by atoms with Gasteiger partial charge in [0.25, 0.3) is 0 Å². The fourth-order valence-corrected chi connectivity index (χ4v) is 3.82. The topological polar surface area (TPSA) is 15.3 Å². The van der Waals surface area contributed by atoms with Gasteiger partial charge in [0.15, 0.2) is 0 Å². The zero-order valence-electron chi connectivity index (χ0n) is 13.5. The summed E-state index contributed by atoms with van der Waals surface area (Å²) < 4.78 is 13.3. The Labute approximate surface area is 128 Å². The Kier molecular flexibility index (Phi) is 6.19. The Morgan fingerprint density at radius 1 is 1.19 bits per heavy atom. The maximum Gasteiger partial charge on any atom is 0.123 e. The van der Waals surface area contributed by atoms with Crippen LogP contribution in [-0.2, 0) is 6.54 Å². The number of benzene rings is 1. The lowest BCUT2D eigenvalue weighted by Gasteiger charge is -2.36. The van der Waals surface area contributed by atoms with Crippen molar-refractivity contribution in [2.24, 2.45) is 5.41 Å². The second-order valence-electron chi connectivity index (χ2n) is 6.75. The van der Waals surface area contributed by atoms with Crippen molar-refractivity contribution < 1.29 is 4.39 Å². The van der Waals surface area contributed by atoms with E-state index in [0.717, 1.165) is 25.2 Å². The van der Waals surface area contributed by atoms with Crippen LogP contribution in [0.25, 0.3) is 0 Å². The van der Waals surface area contributed by atoms with Crippen LogP contribution in [0.2, 0.25) is 0 Å². The molecule has 1 aromatic rings. The lowest BCUT2D eigenvalue weighted by atomic mass is 9.79. The molecule has 118 valence electrons. The zero-order valence-corrected chi connectivity index (χ0v) is 13.5. The van der Waals surface area contributed by atoms with Crippen LogP contribution < -0.4 is 5.32 Å². The van der Waals surface area contributed by atoms with E-state index in [-0.39, 0.29) is 5.82 Å². The summed E-state index contributed by atoms with van der Waals surface area (Å²) in [5.74, 6) is -0.139. The summed E-state index contributed by atoms with van der Waals surface area (Å²) in [6, 6.07) is 6.97. The molecule has 0 saturated heterocycles. The molecule has 0 bridgehead atoms. The molecule has 1 fully saturated rings. The van der Waals surface area contributed by atoms with Crippen molar-refractivity contribution in [2.45, 2.75) is 45.1 Å². The maximum atomic E-state index is 13.3. The predicted octanol–water partition coefficient (Wildman–Crippen LogP) is 3.82. The number of hydrogen-bond acceptors (Lipinski definition) is 2. The number of halogens is 1. The Balaban J connectivity index is 1.98. The average Bonchev–Trinajstić information content (AvgIpc) is 2.65. The molecular weight excluding hydrogens is 263 g/mol. The Bertz CT molecular complexity index is 425. The summed E-state index contributed by atoms with van der Waals surface area (Å²) >= 11 is 0. The van der Waals surface area contributed by atoms with Gasteiger partial charge in [-0.3, -0.25) is 0 Å². The van der Waals surface area contributed by atoms with Crippen LogP contribution in [0.3, 0.4) is 0 Å². The van der Waals surface area contributed by atoms with Gasteiger partial charge >= 0.3 is 0 Å². The van der Waals surface area contributed by atoms with E-state index in [1.807, 2.05) is 6.07 Å². The van der Waals surface area contributed by atoms with E-state index in [2.05, 4.69) is 24.3 Å². The van der Waals surface area contributed by atoms with Crippen LogP contribution >= 0.6 is 0 Å². The van der Waals surface area contributed by atoms with Gasteiger partial charge in [0.2, 0.25) is 0 Å². The lowest BCUT2D eigenvalue weighted by Crippen LogP contribution is -2.41. The van der Waals surface area contributed by atoms with E-state index in [9.17, 15) is 4.39 Å². The Hall–Kier alpha value is -0.930. The van der Waals surface area contributed by atoms with Gasteiger partial charge in [-0.1, -0.05) is 37.8 Å². The number of nitrogens with zero attached hydrogens (tertiary/aromatic N) is 1. The molecule has 3 heteroatoms. The van der Waals surface area contributed by atoms with Crippen molar-refractivity contribution in [3.63, 3.8) is 0 Å². The second kappa shape index (κ2) is 7.90. The summed E-state index contributed by atoms with van der Waals surface area (Å²) in [5.41, 5.74) is 1.44. The van der Waals surface area contributed by atoms with Crippen LogP contribution in [0.1, 0.15) is 44.1 Å². The highest BCUT2D eigenvalue weighted by molar-refractivity contribution is 5.16. The smallest absolute Gasteiger partial charge is 0.123 e. The molecule has 0 amide bonds. The normalized spacial score (nSPS) is 18.7. The highest BCUT2D eigenvalue weighted by atomic mass is 19.1. The third kappa shape index (κ3) is 5.08. The van der Waals surface area contributed by atoms with Crippen molar-refractivity contribution in [1.82, 2.24) is 10.2 Å². The van der Waals surface area contributed by atoms with Gasteiger partial charge in [-0.2, -0.15) is 0 Å². The third-order valence-corrected chi connectivity index (χ3v) is 4.66. The van der Waals surface area contributed by atoms with E-state index >= 15 is 0 Å². The monoisotopic (exact) mass is 292 g/mol. The van der Waals surface area contributed by atoms with Crippen molar-refractivity contribution in [1.29, 1.82) is 0 Å². The standard InChI is InChI=1S/C18H29FN2/c1-20-14-18(10-5-3-4-6-11-18)15-21(2)13-16-8-7-9-17(19)12-16/h7-9,12,20H,3-6,10-11,13-15H2,1-2H3. The molecule has 0 aromatic heterocycles. The van der Waals surface area contributed by atoms with Gasteiger partial charge in [0.1, 0.15) is 5.82 Å². The first-order valence-corrected chi connectivity index (χ1v) is 8.21. The molecule has 2 nitrogen and oxygen atoms in total. The molecule has 0 heterocycles. The first kappa shape index (κ1) is 16.4. The molecule has 1 aliphatic carbocycles. The third-order valence-electron chi connectivity index (χ3n) is 4.66.